The summed E-state index contributed by atoms with van der Waals surface area (Å²) in [5.74, 6) is -2.41. The molecule has 0 aromatic heterocycles. The molecule has 3 saturated heterocycles. The number of hydrogen-bond donors (Lipinski definition) is 0. The Morgan fingerprint density at radius 3 is 2.48 bits per heavy atom. The second-order valence-electron chi connectivity index (χ2n) is 9.19. The molecule has 0 radical (unpaired) electrons. The van der Waals surface area contributed by atoms with Gasteiger partial charge in [-0.2, -0.15) is 0 Å². The highest BCUT2D eigenvalue weighted by molar-refractivity contribution is 5.94. The van der Waals surface area contributed by atoms with Crippen LogP contribution < -0.4 is 0 Å². The maximum Gasteiger partial charge on any atom is 0.253 e. The summed E-state index contributed by atoms with van der Waals surface area (Å²) >= 11 is 0. The highest BCUT2D eigenvalue weighted by atomic mass is 19.3. The third kappa shape index (κ3) is 3.57. The molecule has 1 atom stereocenters. The van der Waals surface area contributed by atoms with E-state index in [2.05, 4.69) is 9.80 Å². The molecule has 0 bridgehead atoms. The van der Waals surface area contributed by atoms with Gasteiger partial charge in [0.05, 0.1) is 24.8 Å². The number of benzene rings is 1. The first-order valence-corrected chi connectivity index (χ1v) is 10.8. The van der Waals surface area contributed by atoms with Crippen molar-refractivity contribution in [2.45, 2.75) is 49.2 Å². The number of halogens is 2. The summed E-state index contributed by atoms with van der Waals surface area (Å²) in [5, 5.41) is 0. The van der Waals surface area contributed by atoms with E-state index in [1.807, 2.05) is 35.2 Å². The molecular formula is C22H29F2N3O2. The molecule has 5 nitrogen and oxygen atoms in total. The fourth-order valence-electron chi connectivity index (χ4n) is 5.75. The molecule has 5 rings (SSSR count). The number of fused-ring (bicyclic) bond motifs is 2. The van der Waals surface area contributed by atoms with Gasteiger partial charge in [0.25, 0.3) is 5.91 Å². The maximum absolute atomic E-state index is 13.5. The smallest absolute Gasteiger partial charge is 0.253 e. The molecule has 4 fully saturated rings. The Morgan fingerprint density at radius 1 is 1.03 bits per heavy atom. The summed E-state index contributed by atoms with van der Waals surface area (Å²) in [6.07, 6.45) is 1.14. The van der Waals surface area contributed by atoms with Crippen LogP contribution in [0, 0.1) is 0 Å². The van der Waals surface area contributed by atoms with Crippen LogP contribution in [0.25, 0.3) is 0 Å². The van der Waals surface area contributed by atoms with Crippen molar-refractivity contribution < 1.29 is 18.3 Å². The van der Waals surface area contributed by atoms with Gasteiger partial charge >= 0.3 is 0 Å². The zero-order chi connectivity index (χ0) is 20.1. The summed E-state index contributed by atoms with van der Waals surface area (Å²) in [6, 6.07) is 9.91. The third-order valence-electron chi connectivity index (χ3n) is 7.26. The molecule has 1 saturated carbocycles. The zero-order valence-electron chi connectivity index (χ0n) is 16.7. The standard InChI is InChI=1S/C22H29F2N3O2/c23-22(24)8-6-18(7-9-22)26-15-21(16-26)14-25(12-19-13-29-11-10-27(19)21)20(28)17-4-2-1-3-5-17/h1-5,18-19H,6-16H2. The topological polar surface area (TPSA) is 36.0 Å². The van der Waals surface area contributed by atoms with Crippen molar-refractivity contribution in [1.29, 1.82) is 0 Å². The van der Waals surface area contributed by atoms with E-state index in [0.717, 1.165) is 31.8 Å². The second-order valence-corrected chi connectivity index (χ2v) is 9.19. The molecule has 29 heavy (non-hydrogen) atoms. The highest BCUT2D eigenvalue weighted by Gasteiger charge is 2.56. The Morgan fingerprint density at radius 2 is 1.76 bits per heavy atom. The number of alkyl halides is 2. The molecule has 7 heteroatoms. The normalized spacial score (nSPS) is 30.0. The van der Waals surface area contributed by atoms with Gasteiger partial charge in [-0.05, 0) is 25.0 Å². The highest BCUT2D eigenvalue weighted by Crippen LogP contribution is 2.42. The van der Waals surface area contributed by atoms with Crippen LogP contribution in [0.2, 0.25) is 0 Å². The van der Waals surface area contributed by atoms with E-state index in [4.69, 9.17) is 4.74 Å². The first-order valence-electron chi connectivity index (χ1n) is 10.8. The molecule has 0 N–H and O–H groups in total. The molecule has 1 aromatic carbocycles. The summed E-state index contributed by atoms with van der Waals surface area (Å²) in [5.41, 5.74) is 0.649. The Bertz CT molecular complexity index is 744. The number of ether oxygens (including phenoxy) is 1. The van der Waals surface area contributed by atoms with Crippen LogP contribution in [0.5, 0.6) is 0 Å². The van der Waals surface area contributed by atoms with Crippen LogP contribution >= 0.6 is 0 Å². The number of amides is 1. The van der Waals surface area contributed by atoms with Crippen molar-refractivity contribution in [2.24, 2.45) is 0 Å². The lowest BCUT2D eigenvalue weighted by atomic mass is 9.79. The fourth-order valence-corrected chi connectivity index (χ4v) is 5.75. The van der Waals surface area contributed by atoms with Crippen molar-refractivity contribution in [3.63, 3.8) is 0 Å². The average Bonchev–Trinajstić information content (AvgIpc) is 2.71. The van der Waals surface area contributed by atoms with Gasteiger partial charge in [0, 0.05) is 57.2 Å². The van der Waals surface area contributed by atoms with Gasteiger partial charge in [-0.15, -0.1) is 0 Å². The van der Waals surface area contributed by atoms with Crippen molar-refractivity contribution in [2.75, 3.05) is 45.9 Å². The number of carbonyl (C=O) groups is 1. The van der Waals surface area contributed by atoms with Gasteiger partial charge in [-0.3, -0.25) is 14.6 Å². The van der Waals surface area contributed by atoms with E-state index in [0.29, 0.717) is 32.5 Å². The Kier molecular flexibility index (Phi) is 4.87. The molecule has 1 amide bonds. The number of rotatable bonds is 2. The minimum atomic E-state index is -2.49. The number of nitrogens with zero attached hydrogens (tertiary/aromatic N) is 3. The van der Waals surface area contributed by atoms with Gasteiger partial charge in [-0.1, -0.05) is 18.2 Å². The predicted molar refractivity (Wildman–Crippen MR) is 105 cm³/mol. The molecule has 3 heterocycles. The third-order valence-corrected chi connectivity index (χ3v) is 7.26. The molecule has 3 aliphatic heterocycles. The van der Waals surface area contributed by atoms with Gasteiger partial charge in [-0.25, -0.2) is 8.78 Å². The summed E-state index contributed by atoms with van der Waals surface area (Å²) in [6.45, 7) is 5.36. The van der Waals surface area contributed by atoms with Gasteiger partial charge in [0.15, 0.2) is 0 Å². The lowest BCUT2D eigenvalue weighted by Gasteiger charge is -2.65. The minimum absolute atomic E-state index is 0.0000357. The van der Waals surface area contributed by atoms with Crippen LogP contribution in [-0.4, -0.2) is 90.1 Å². The monoisotopic (exact) mass is 405 g/mol. The molecule has 1 unspecified atom stereocenters. The lowest BCUT2D eigenvalue weighted by molar-refractivity contribution is -0.173. The molecule has 4 aliphatic rings. The largest absolute Gasteiger partial charge is 0.378 e. The number of carbonyl (C=O) groups excluding carboxylic acids is 1. The number of likely N-dealkylation sites (tertiary alicyclic amines) is 1. The average molecular weight is 405 g/mol. The number of morpholine rings is 1. The van der Waals surface area contributed by atoms with E-state index in [-0.39, 0.29) is 36.4 Å². The van der Waals surface area contributed by atoms with Crippen molar-refractivity contribution in [3.05, 3.63) is 35.9 Å². The van der Waals surface area contributed by atoms with Crippen molar-refractivity contribution in [1.82, 2.24) is 14.7 Å². The Balaban J connectivity index is 1.31. The molecule has 1 aliphatic carbocycles. The fraction of sp³-hybridized carbons (Fsp3) is 0.682. The molecular weight excluding hydrogens is 376 g/mol. The zero-order valence-corrected chi connectivity index (χ0v) is 16.7. The van der Waals surface area contributed by atoms with Gasteiger partial charge < -0.3 is 9.64 Å². The van der Waals surface area contributed by atoms with Crippen LogP contribution in [0.1, 0.15) is 36.0 Å². The molecule has 1 aromatic rings. The number of hydrogen-bond acceptors (Lipinski definition) is 4. The van der Waals surface area contributed by atoms with E-state index in [1.165, 1.54) is 0 Å². The first-order chi connectivity index (χ1) is 14.0. The van der Waals surface area contributed by atoms with E-state index < -0.39 is 5.92 Å². The van der Waals surface area contributed by atoms with Crippen LogP contribution in [0.4, 0.5) is 8.78 Å². The summed E-state index contributed by atoms with van der Waals surface area (Å²) in [7, 11) is 0. The Labute approximate surface area is 170 Å². The number of piperazine rings is 1. The van der Waals surface area contributed by atoms with E-state index >= 15 is 0 Å². The van der Waals surface area contributed by atoms with E-state index in [9.17, 15) is 13.6 Å². The van der Waals surface area contributed by atoms with Gasteiger partial charge in [0.1, 0.15) is 0 Å². The van der Waals surface area contributed by atoms with Crippen molar-refractivity contribution >= 4 is 5.91 Å². The maximum atomic E-state index is 13.5. The lowest BCUT2D eigenvalue weighted by Crippen LogP contribution is -2.81. The van der Waals surface area contributed by atoms with Crippen LogP contribution in [-0.2, 0) is 4.74 Å². The van der Waals surface area contributed by atoms with Crippen molar-refractivity contribution in [3.8, 4) is 0 Å². The Hall–Kier alpha value is -1.57. The van der Waals surface area contributed by atoms with Gasteiger partial charge in [0.2, 0.25) is 5.92 Å². The van der Waals surface area contributed by atoms with E-state index in [1.54, 1.807) is 0 Å². The SMILES string of the molecule is O=C(c1ccccc1)N1CC2COCCN2C2(C1)CN(C1CCC(F)(F)CC1)C2. The predicted octanol–water partition coefficient (Wildman–Crippen LogP) is 2.48. The van der Waals surface area contributed by atoms with Crippen LogP contribution in [0.3, 0.4) is 0 Å². The second kappa shape index (κ2) is 7.29. The van der Waals surface area contributed by atoms with Crippen LogP contribution in [0.15, 0.2) is 30.3 Å². The molecule has 158 valence electrons. The summed E-state index contributed by atoms with van der Waals surface area (Å²) in [4.78, 5) is 20.0. The molecule has 1 spiro atoms. The summed E-state index contributed by atoms with van der Waals surface area (Å²) < 4.78 is 32.8. The quantitative estimate of drug-likeness (QED) is 0.758. The first kappa shape index (κ1) is 19.4. The minimum Gasteiger partial charge on any atom is -0.378 e.